The zero-order chi connectivity index (χ0) is 20.1. The normalized spacial score (nSPS) is 11.1. The third kappa shape index (κ3) is 4.77. The zero-order valence-corrected chi connectivity index (χ0v) is 16.7. The van der Waals surface area contributed by atoms with Crippen LogP contribution in [0.25, 0.3) is 0 Å². The fraction of sp³-hybridized carbons (Fsp3) is 0.200. The van der Waals surface area contributed by atoms with Crippen LogP contribution in [0.3, 0.4) is 0 Å². The number of hydrogen-bond acceptors (Lipinski definition) is 6. The maximum Gasteiger partial charge on any atom is 0.263 e. The van der Waals surface area contributed by atoms with Crippen LogP contribution in [0, 0.1) is 13.8 Å². The molecule has 3 rings (SSSR count). The minimum Gasteiger partial charge on any atom is -0.494 e. The van der Waals surface area contributed by atoms with Crippen LogP contribution in [0.15, 0.2) is 59.5 Å². The monoisotopic (exact) mass is 398 g/mol. The van der Waals surface area contributed by atoms with Crippen molar-refractivity contribution in [3.05, 3.63) is 65.7 Å². The van der Waals surface area contributed by atoms with Crippen molar-refractivity contribution in [1.29, 1.82) is 0 Å². The molecule has 0 fully saturated rings. The van der Waals surface area contributed by atoms with Gasteiger partial charge in [0, 0.05) is 5.69 Å². The standard InChI is InChI=1S/C20H22N4O3S/c1-4-27-16-7-9-17(10-8-16)28(25,26)24-20-12-11-19(22-23-20)21-18-13-14(2)5-6-15(18)3/h5-13H,4H2,1-3H3,(H,21,22)(H,23,24). The van der Waals surface area contributed by atoms with E-state index in [2.05, 4.69) is 20.2 Å². The lowest BCUT2D eigenvalue weighted by molar-refractivity contribution is 0.340. The second-order valence-corrected chi connectivity index (χ2v) is 7.94. The summed E-state index contributed by atoms with van der Waals surface area (Å²) in [6.07, 6.45) is 0. The number of aromatic nitrogens is 2. The van der Waals surface area contributed by atoms with Crippen LogP contribution in [-0.4, -0.2) is 25.2 Å². The number of hydrogen-bond donors (Lipinski definition) is 2. The van der Waals surface area contributed by atoms with Crippen molar-refractivity contribution in [2.24, 2.45) is 0 Å². The van der Waals surface area contributed by atoms with E-state index in [1.165, 1.54) is 12.1 Å². The lowest BCUT2D eigenvalue weighted by Gasteiger charge is -2.11. The van der Waals surface area contributed by atoms with E-state index < -0.39 is 10.0 Å². The fourth-order valence-electron chi connectivity index (χ4n) is 2.54. The molecule has 0 saturated carbocycles. The van der Waals surface area contributed by atoms with Crippen LogP contribution in [0.2, 0.25) is 0 Å². The van der Waals surface area contributed by atoms with Crippen molar-refractivity contribution >= 4 is 27.3 Å². The molecule has 3 aromatic rings. The van der Waals surface area contributed by atoms with E-state index in [9.17, 15) is 8.42 Å². The van der Waals surface area contributed by atoms with Gasteiger partial charge in [-0.25, -0.2) is 8.42 Å². The Bertz CT molecular complexity index is 1050. The van der Waals surface area contributed by atoms with Crippen molar-refractivity contribution in [2.75, 3.05) is 16.6 Å². The Hall–Kier alpha value is -3.13. The Morgan fingerprint density at radius 1 is 0.929 bits per heavy atom. The number of ether oxygens (including phenoxy) is 1. The fourth-order valence-corrected chi connectivity index (χ4v) is 3.54. The highest BCUT2D eigenvalue weighted by Crippen LogP contribution is 2.22. The predicted molar refractivity (Wildman–Crippen MR) is 110 cm³/mol. The molecule has 2 aromatic carbocycles. The van der Waals surface area contributed by atoms with Crippen LogP contribution < -0.4 is 14.8 Å². The van der Waals surface area contributed by atoms with Gasteiger partial charge in [-0.05, 0) is 74.4 Å². The Labute approximate surface area is 164 Å². The van der Waals surface area contributed by atoms with E-state index in [0.29, 0.717) is 18.2 Å². The molecule has 0 saturated heterocycles. The minimum atomic E-state index is -3.76. The smallest absolute Gasteiger partial charge is 0.263 e. The molecule has 0 aliphatic rings. The molecule has 0 atom stereocenters. The second-order valence-electron chi connectivity index (χ2n) is 6.26. The van der Waals surface area contributed by atoms with Crippen LogP contribution >= 0.6 is 0 Å². The van der Waals surface area contributed by atoms with E-state index in [4.69, 9.17) is 4.74 Å². The number of benzene rings is 2. The number of rotatable bonds is 7. The molecular weight excluding hydrogens is 376 g/mol. The number of aryl methyl sites for hydroxylation is 2. The Kier molecular flexibility index (Phi) is 5.79. The SMILES string of the molecule is CCOc1ccc(S(=O)(=O)Nc2ccc(Nc3cc(C)ccc3C)nn2)cc1. The Morgan fingerprint density at radius 2 is 1.61 bits per heavy atom. The first-order chi connectivity index (χ1) is 13.4. The molecule has 0 aliphatic heterocycles. The molecule has 0 spiro atoms. The molecule has 0 aliphatic carbocycles. The first-order valence-corrected chi connectivity index (χ1v) is 10.3. The Morgan fingerprint density at radius 3 is 2.25 bits per heavy atom. The van der Waals surface area contributed by atoms with Crippen molar-refractivity contribution in [3.8, 4) is 5.75 Å². The lowest BCUT2D eigenvalue weighted by Crippen LogP contribution is -2.14. The van der Waals surface area contributed by atoms with E-state index in [-0.39, 0.29) is 10.7 Å². The molecule has 146 valence electrons. The topological polar surface area (TPSA) is 93.2 Å². The Balaban J connectivity index is 1.71. The number of nitrogens with zero attached hydrogens (tertiary/aromatic N) is 2. The molecule has 7 nitrogen and oxygen atoms in total. The molecular formula is C20H22N4O3S. The van der Waals surface area contributed by atoms with Gasteiger partial charge in [-0.2, -0.15) is 0 Å². The van der Waals surface area contributed by atoms with E-state index >= 15 is 0 Å². The number of sulfonamides is 1. The highest BCUT2D eigenvalue weighted by Gasteiger charge is 2.15. The van der Waals surface area contributed by atoms with Crippen LogP contribution in [0.5, 0.6) is 5.75 Å². The third-order valence-corrected chi connectivity index (χ3v) is 5.37. The molecule has 0 radical (unpaired) electrons. The van der Waals surface area contributed by atoms with Crippen LogP contribution in [0.1, 0.15) is 18.1 Å². The third-order valence-electron chi connectivity index (χ3n) is 4.00. The van der Waals surface area contributed by atoms with E-state index in [1.807, 2.05) is 39.0 Å². The summed E-state index contributed by atoms with van der Waals surface area (Å²) in [6, 6.07) is 15.5. The maximum absolute atomic E-state index is 12.5. The van der Waals surface area contributed by atoms with Gasteiger partial charge in [0.05, 0.1) is 11.5 Å². The zero-order valence-electron chi connectivity index (χ0n) is 15.9. The molecule has 2 N–H and O–H groups in total. The van der Waals surface area contributed by atoms with Gasteiger partial charge >= 0.3 is 0 Å². The molecule has 1 heterocycles. The van der Waals surface area contributed by atoms with Crippen molar-refractivity contribution < 1.29 is 13.2 Å². The van der Waals surface area contributed by atoms with Gasteiger partial charge in [0.25, 0.3) is 10.0 Å². The van der Waals surface area contributed by atoms with Crippen molar-refractivity contribution in [1.82, 2.24) is 10.2 Å². The highest BCUT2D eigenvalue weighted by atomic mass is 32.2. The second kappa shape index (κ2) is 8.26. The summed E-state index contributed by atoms with van der Waals surface area (Å²) in [5.41, 5.74) is 3.13. The van der Waals surface area contributed by atoms with Gasteiger partial charge in [-0.15, -0.1) is 10.2 Å². The largest absolute Gasteiger partial charge is 0.494 e. The average Bonchev–Trinajstić information content (AvgIpc) is 2.67. The van der Waals surface area contributed by atoms with Gasteiger partial charge in [0.1, 0.15) is 5.75 Å². The van der Waals surface area contributed by atoms with Gasteiger partial charge in [-0.1, -0.05) is 12.1 Å². The summed E-state index contributed by atoms with van der Waals surface area (Å²) in [5.74, 6) is 1.28. The van der Waals surface area contributed by atoms with E-state index in [0.717, 1.165) is 16.8 Å². The number of anilines is 3. The molecule has 8 heteroatoms. The summed E-state index contributed by atoms with van der Waals surface area (Å²) in [5, 5.41) is 11.2. The highest BCUT2D eigenvalue weighted by molar-refractivity contribution is 7.92. The molecule has 0 bridgehead atoms. The van der Waals surface area contributed by atoms with Crippen LogP contribution in [0.4, 0.5) is 17.3 Å². The predicted octanol–water partition coefficient (Wildman–Crippen LogP) is 4.04. The van der Waals surface area contributed by atoms with Crippen molar-refractivity contribution in [2.45, 2.75) is 25.7 Å². The number of nitrogens with one attached hydrogen (secondary N) is 2. The van der Waals surface area contributed by atoms with Crippen LogP contribution in [-0.2, 0) is 10.0 Å². The summed E-state index contributed by atoms with van der Waals surface area (Å²) in [6.45, 7) is 6.38. The van der Waals surface area contributed by atoms with E-state index in [1.54, 1.807) is 24.3 Å². The molecule has 1 aromatic heterocycles. The van der Waals surface area contributed by atoms with Gasteiger partial charge in [-0.3, -0.25) is 4.72 Å². The molecule has 0 unspecified atom stereocenters. The first-order valence-electron chi connectivity index (χ1n) is 8.81. The minimum absolute atomic E-state index is 0.121. The van der Waals surface area contributed by atoms with Gasteiger partial charge in [0.15, 0.2) is 11.6 Å². The maximum atomic E-state index is 12.5. The summed E-state index contributed by atoms with van der Waals surface area (Å²) in [7, 11) is -3.76. The summed E-state index contributed by atoms with van der Waals surface area (Å²) in [4.78, 5) is 0.121. The first kappa shape index (κ1) is 19.6. The quantitative estimate of drug-likeness (QED) is 0.624. The average molecular weight is 398 g/mol. The molecule has 28 heavy (non-hydrogen) atoms. The summed E-state index contributed by atoms with van der Waals surface area (Å²) >= 11 is 0. The van der Waals surface area contributed by atoms with Gasteiger partial charge in [0.2, 0.25) is 0 Å². The van der Waals surface area contributed by atoms with Crippen molar-refractivity contribution in [3.63, 3.8) is 0 Å². The summed E-state index contributed by atoms with van der Waals surface area (Å²) < 4.78 is 32.7. The molecule has 0 amide bonds. The lowest BCUT2D eigenvalue weighted by atomic mass is 10.1. The van der Waals surface area contributed by atoms with Gasteiger partial charge < -0.3 is 10.1 Å².